The van der Waals surface area contributed by atoms with Gasteiger partial charge >= 0.3 is 0 Å². The van der Waals surface area contributed by atoms with Crippen molar-refractivity contribution in [3.05, 3.63) is 170 Å². The van der Waals surface area contributed by atoms with Crippen molar-refractivity contribution >= 4 is 53.2 Å². The van der Waals surface area contributed by atoms with Crippen molar-refractivity contribution in [2.45, 2.75) is 0 Å². The van der Waals surface area contributed by atoms with Gasteiger partial charge < -0.3 is 0 Å². The molecule has 10 rings (SSSR count). The van der Waals surface area contributed by atoms with Crippen LogP contribution in [-0.4, -0.2) is 19.9 Å². The van der Waals surface area contributed by atoms with Gasteiger partial charge in [0, 0.05) is 77.8 Å². The zero-order valence-electron chi connectivity index (χ0n) is 27.4. The molecule has 5 heteroatoms. The number of para-hydroxylation sites is 1. The second-order valence-corrected chi connectivity index (χ2v) is 13.8. The van der Waals surface area contributed by atoms with Crippen LogP contribution in [0.15, 0.2) is 170 Å². The number of benzene rings is 5. The molecule has 0 fully saturated rings. The molecular formula is C46H28N4S. The van der Waals surface area contributed by atoms with Crippen molar-refractivity contribution in [2.75, 3.05) is 0 Å². The highest BCUT2D eigenvalue weighted by Gasteiger charge is 2.17. The molecule has 5 aromatic carbocycles. The summed E-state index contributed by atoms with van der Waals surface area (Å²) in [5, 5.41) is 6.23. The Morgan fingerprint density at radius 2 is 0.941 bits per heavy atom. The van der Waals surface area contributed by atoms with Crippen LogP contribution in [0.3, 0.4) is 0 Å². The van der Waals surface area contributed by atoms with E-state index in [9.17, 15) is 0 Å². The van der Waals surface area contributed by atoms with Crippen LogP contribution >= 0.6 is 11.3 Å². The molecule has 238 valence electrons. The van der Waals surface area contributed by atoms with Crippen molar-refractivity contribution < 1.29 is 0 Å². The first-order valence-corrected chi connectivity index (χ1v) is 17.8. The summed E-state index contributed by atoms with van der Waals surface area (Å²) in [6, 6.07) is 51.7. The van der Waals surface area contributed by atoms with Crippen molar-refractivity contribution in [1.82, 2.24) is 19.9 Å². The molecular weight excluding hydrogens is 641 g/mol. The van der Waals surface area contributed by atoms with Crippen LogP contribution in [0.2, 0.25) is 0 Å². The van der Waals surface area contributed by atoms with Crippen molar-refractivity contribution in [3.63, 3.8) is 0 Å². The summed E-state index contributed by atoms with van der Waals surface area (Å²) in [6.07, 6.45) is 7.23. The Balaban J connectivity index is 1.12. The number of fused-ring (bicyclic) bond motifs is 7. The fourth-order valence-electron chi connectivity index (χ4n) is 7.20. The number of nitrogens with zero attached hydrogens (tertiary/aromatic N) is 4. The maximum absolute atomic E-state index is 5.30. The molecule has 0 N–H and O–H groups in total. The molecule has 0 amide bonds. The predicted molar refractivity (Wildman–Crippen MR) is 213 cm³/mol. The van der Waals surface area contributed by atoms with Crippen molar-refractivity contribution in [3.8, 4) is 56.0 Å². The Morgan fingerprint density at radius 1 is 0.373 bits per heavy atom. The van der Waals surface area contributed by atoms with Crippen LogP contribution in [0.5, 0.6) is 0 Å². The van der Waals surface area contributed by atoms with Gasteiger partial charge in [-0.25, -0.2) is 9.97 Å². The highest BCUT2D eigenvalue weighted by molar-refractivity contribution is 7.26. The molecule has 10 aromatic rings. The first-order valence-electron chi connectivity index (χ1n) is 16.9. The molecule has 5 heterocycles. The van der Waals surface area contributed by atoms with E-state index in [1.807, 2.05) is 60.4 Å². The minimum Gasteiger partial charge on any atom is -0.265 e. The van der Waals surface area contributed by atoms with E-state index in [4.69, 9.17) is 9.97 Å². The summed E-state index contributed by atoms with van der Waals surface area (Å²) in [5.41, 5.74) is 11.4. The van der Waals surface area contributed by atoms with Gasteiger partial charge in [-0.1, -0.05) is 84.9 Å². The molecule has 0 unspecified atom stereocenters. The number of rotatable bonds is 5. The first-order chi connectivity index (χ1) is 25.3. The topological polar surface area (TPSA) is 51.6 Å². The minimum atomic E-state index is 0.899. The third kappa shape index (κ3) is 5.14. The number of aromatic nitrogens is 4. The van der Waals surface area contributed by atoms with E-state index in [1.54, 1.807) is 0 Å². The highest BCUT2D eigenvalue weighted by atomic mass is 32.1. The second kappa shape index (κ2) is 12.1. The third-order valence-electron chi connectivity index (χ3n) is 9.65. The zero-order valence-corrected chi connectivity index (χ0v) is 28.2. The maximum Gasteiger partial charge on any atom is 0.0788 e. The van der Waals surface area contributed by atoms with Gasteiger partial charge in [0.05, 0.1) is 22.6 Å². The quantitative estimate of drug-likeness (QED) is 0.171. The molecule has 4 nitrogen and oxygen atoms in total. The highest BCUT2D eigenvalue weighted by Crippen LogP contribution is 2.43. The molecule has 0 atom stereocenters. The molecule has 0 spiro atoms. The molecule has 0 aliphatic carbocycles. The van der Waals surface area contributed by atoms with E-state index < -0.39 is 0 Å². The molecule has 51 heavy (non-hydrogen) atoms. The van der Waals surface area contributed by atoms with E-state index in [0.717, 1.165) is 61.5 Å². The Hall–Kier alpha value is -6.56. The monoisotopic (exact) mass is 668 g/mol. The Bertz CT molecular complexity index is 2860. The zero-order chi connectivity index (χ0) is 33.7. The normalized spacial score (nSPS) is 11.5. The van der Waals surface area contributed by atoms with E-state index in [0.29, 0.717) is 0 Å². The van der Waals surface area contributed by atoms with E-state index in [-0.39, 0.29) is 0 Å². The summed E-state index contributed by atoms with van der Waals surface area (Å²) < 4.78 is 2.62. The molecule has 5 aromatic heterocycles. The largest absolute Gasteiger partial charge is 0.265 e. The van der Waals surface area contributed by atoms with Gasteiger partial charge in [0.1, 0.15) is 0 Å². The SMILES string of the molecule is c1cc(-c2cccc(-c3nc4ccccc4c4c3ccc3c5ccccc5sc34)c2)cc(-c2cc(-c3ccncc3)nc(-c3ccncc3)c2)c1. The molecule has 0 radical (unpaired) electrons. The lowest BCUT2D eigenvalue weighted by molar-refractivity contribution is 1.27. The lowest BCUT2D eigenvalue weighted by Crippen LogP contribution is -1.92. The average Bonchev–Trinajstić information content (AvgIpc) is 3.60. The van der Waals surface area contributed by atoms with Crippen molar-refractivity contribution in [1.29, 1.82) is 0 Å². The van der Waals surface area contributed by atoms with Crippen LogP contribution in [0.25, 0.3) is 97.9 Å². The molecule has 0 bridgehead atoms. The molecule has 0 aliphatic heterocycles. The van der Waals surface area contributed by atoms with Crippen LogP contribution in [0.1, 0.15) is 0 Å². The maximum atomic E-state index is 5.30. The molecule has 0 saturated carbocycles. The molecule has 0 aliphatic rings. The number of thiophene rings is 1. The lowest BCUT2D eigenvalue weighted by atomic mass is 9.94. The predicted octanol–water partition coefficient (Wildman–Crippen LogP) is 12.3. The summed E-state index contributed by atoms with van der Waals surface area (Å²) >= 11 is 1.87. The fraction of sp³-hybridized carbons (Fsp3) is 0. The van der Waals surface area contributed by atoms with Crippen LogP contribution in [0, 0.1) is 0 Å². The van der Waals surface area contributed by atoms with Gasteiger partial charge in [-0.2, -0.15) is 0 Å². The van der Waals surface area contributed by atoms with E-state index in [1.165, 1.54) is 36.3 Å². The van der Waals surface area contributed by atoms with E-state index >= 15 is 0 Å². The van der Waals surface area contributed by atoms with Gasteiger partial charge in [-0.3, -0.25) is 9.97 Å². The lowest BCUT2D eigenvalue weighted by Gasteiger charge is -2.13. The Kier molecular flexibility index (Phi) is 6.96. The average molecular weight is 669 g/mol. The van der Waals surface area contributed by atoms with Crippen LogP contribution in [0.4, 0.5) is 0 Å². The van der Waals surface area contributed by atoms with Crippen molar-refractivity contribution in [2.24, 2.45) is 0 Å². The van der Waals surface area contributed by atoms with Gasteiger partial charge in [-0.15, -0.1) is 11.3 Å². The number of hydrogen-bond donors (Lipinski definition) is 0. The number of hydrogen-bond acceptors (Lipinski definition) is 5. The van der Waals surface area contributed by atoms with E-state index in [2.05, 4.69) is 131 Å². The standard InChI is InChI=1S/C46H28N4S/c1-3-13-40-38(12-1)44-39(16-15-37-36-11-2-4-14-43(36)51-46(37)44)45(50-40)34-10-6-8-32(26-34)31-7-5-9-33(25-31)35-27-41(29-17-21-47-22-18-29)49-42(28-35)30-19-23-48-24-20-30/h1-28H. The summed E-state index contributed by atoms with van der Waals surface area (Å²) in [4.78, 5) is 18.8. The molecule has 0 saturated heterocycles. The smallest absolute Gasteiger partial charge is 0.0788 e. The minimum absolute atomic E-state index is 0.899. The van der Waals surface area contributed by atoms with Crippen LogP contribution < -0.4 is 0 Å². The van der Waals surface area contributed by atoms with Gasteiger partial charge in [0.2, 0.25) is 0 Å². The fourth-order valence-corrected chi connectivity index (χ4v) is 8.46. The first kappa shape index (κ1) is 29.4. The third-order valence-corrected chi connectivity index (χ3v) is 10.9. The van der Waals surface area contributed by atoms with Gasteiger partial charge in [0.15, 0.2) is 0 Å². The van der Waals surface area contributed by atoms with Gasteiger partial charge in [0.25, 0.3) is 0 Å². The summed E-state index contributed by atoms with van der Waals surface area (Å²) in [5.74, 6) is 0. The number of pyridine rings is 4. The van der Waals surface area contributed by atoms with Gasteiger partial charge in [-0.05, 0) is 82.9 Å². The summed E-state index contributed by atoms with van der Waals surface area (Å²) in [6.45, 7) is 0. The van der Waals surface area contributed by atoms with Crippen LogP contribution in [-0.2, 0) is 0 Å². The summed E-state index contributed by atoms with van der Waals surface area (Å²) in [7, 11) is 0. The Labute approximate surface area is 298 Å². The second-order valence-electron chi connectivity index (χ2n) is 12.7. The Morgan fingerprint density at radius 3 is 1.65 bits per heavy atom.